The van der Waals surface area contributed by atoms with Gasteiger partial charge in [0.1, 0.15) is 6.20 Å². The Kier molecular flexibility index (Phi) is 2.83. The van der Waals surface area contributed by atoms with Gasteiger partial charge in [-0.05, 0) is 6.92 Å². The third-order valence-electron chi connectivity index (χ3n) is 1.84. The van der Waals surface area contributed by atoms with Gasteiger partial charge in [0, 0.05) is 6.42 Å². The van der Waals surface area contributed by atoms with Gasteiger partial charge in [-0.2, -0.15) is 0 Å². The molecule has 0 bridgehead atoms. The minimum atomic E-state index is -0.433. The summed E-state index contributed by atoms with van der Waals surface area (Å²) in [5, 5.41) is 11.3. The van der Waals surface area contributed by atoms with E-state index < -0.39 is 5.97 Å². The van der Waals surface area contributed by atoms with Gasteiger partial charge in [-0.25, -0.2) is 4.79 Å². The number of likely N-dealkylation sites (tertiary alicyclic amines) is 1. The number of hydrogen-bond acceptors (Lipinski definition) is 3. The van der Waals surface area contributed by atoms with Crippen LogP contribution in [-0.4, -0.2) is 30.3 Å². The maximum absolute atomic E-state index is 11.3. The van der Waals surface area contributed by atoms with Gasteiger partial charge in [0.25, 0.3) is 0 Å². The third-order valence-corrected chi connectivity index (χ3v) is 1.84. The molecule has 1 heterocycles. The number of ether oxygens (including phenoxy) is 1. The van der Waals surface area contributed by atoms with Crippen LogP contribution in [0.4, 0.5) is 0 Å². The van der Waals surface area contributed by atoms with Gasteiger partial charge in [-0.1, -0.05) is 0 Å². The zero-order chi connectivity index (χ0) is 9.03. The predicted octanol–water partition coefficient (Wildman–Crippen LogP) is 0.781. The summed E-state index contributed by atoms with van der Waals surface area (Å²) >= 11 is 0. The zero-order valence-corrected chi connectivity index (χ0v) is 7.16. The molecule has 0 spiro atoms. The highest BCUT2D eigenvalue weighted by Gasteiger charge is 2.23. The van der Waals surface area contributed by atoms with Crippen LogP contribution in [0.2, 0.25) is 0 Å². The Labute approximate surface area is 71.6 Å². The molecule has 1 aliphatic rings. The average Bonchev–Trinajstić information content (AvgIpc) is 1.98. The standard InChI is InChI=1S/C8H13NO3/c1-2-12-8(10)4-7-9(11)5-3-6-9/h4,7H,2-3,5-6H2,1H3. The highest BCUT2D eigenvalue weighted by atomic mass is 16.6. The molecule has 1 saturated heterocycles. The highest BCUT2D eigenvalue weighted by Crippen LogP contribution is 2.18. The maximum Gasteiger partial charge on any atom is 0.336 e. The SMILES string of the molecule is CCOC(=O)C=C[N+]1([O-])CCC1. The van der Waals surface area contributed by atoms with Gasteiger partial charge in [0.15, 0.2) is 0 Å². The summed E-state index contributed by atoms with van der Waals surface area (Å²) < 4.78 is 4.26. The Bertz CT molecular complexity index is 196. The van der Waals surface area contributed by atoms with E-state index in [1.54, 1.807) is 6.92 Å². The lowest BCUT2D eigenvalue weighted by atomic mass is 10.2. The van der Waals surface area contributed by atoms with Gasteiger partial charge in [0.2, 0.25) is 0 Å². The van der Waals surface area contributed by atoms with E-state index in [1.165, 1.54) is 12.3 Å². The molecule has 0 radical (unpaired) electrons. The first-order valence-corrected chi connectivity index (χ1v) is 4.10. The lowest BCUT2D eigenvalue weighted by Gasteiger charge is -2.46. The Hall–Kier alpha value is -0.870. The summed E-state index contributed by atoms with van der Waals surface area (Å²) in [5.41, 5.74) is 0. The van der Waals surface area contributed by atoms with E-state index in [0.29, 0.717) is 19.7 Å². The van der Waals surface area contributed by atoms with Crippen molar-refractivity contribution in [2.45, 2.75) is 13.3 Å². The van der Waals surface area contributed by atoms with Crippen molar-refractivity contribution in [3.05, 3.63) is 17.5 Å². The van der Waals surface area contributed by atoms with E-state index in [9.17, 15) is 10.0 Å². The van der Waals surface area contributed by atoms with Crippen LogP contribution in [0.15, 0.2) is 12.3 Å². The molecule has 1 fully saturated rings. The molecule has 0 amide bonds. The second kappa shape index (κ2) is 3.69. The quantitative estimate of drug-likeness (QED) is 0.273. The average molecular weight is 171 g/mol. The van der Waals surface area contributed by atoms with E-state index in [2.05, 4.69) is 4.74 Å². The van der Waals surface area contributed by atoms with Crippen molar-refractivity contribution in [1.29, 1.82) is 0 Å². The number of rotatable bonds is 3. The van der Waals surface area contributed by atoms with Crippen LogP contribution in [-0.2, 0) is 9.53 Å². The second-order valence-corrected chi connectivity index (χ2v) is 2.82. The summed E-state index contributed by atoms with van der Waals surface area (Å²) in [7, 11) is 0. The second-order valence-electron chi connectivity index (χ2n) is 2.82. The first-order valence-electron chi connectivity index (χ1n) is 4.10. The molecule has 0 aliphatic carbocycles. The molecule has 0 aromatic heterocycles. The molecule has 0 unspecified atom stereocenters. The maximum atomic E-state index is 11.3. The van der Waals surface area contributed by atoms with E-state index in [-0.39, 0.29) is 4.65 Å². The minimum Gasteiger partial charge on any atom is -0.628 e. The number of hydrogen-bond donors (Lipinski definition) is 0. The summed E-state index contributed by atoms with van der Waals surface area (Å²) in [6, 6.07) is 0. The molecular formula is C8H13NO3. The molecule has 12 heavy (non-hydrogen) atoms. The van der Waals surface area contributed by atoms with Crippen LogP contribution >= 0.6 is 0 Å². The lowest BCUT2D eigenvalue weighted by molar-refractivity contribution is -0.869. The number of quaternary nitrogens is 1. The molecule has 4 heteroatoms. The van der Waals surface area contributed by atoms with Crippen molar-refractivity contribution in [3.8, 4) is 0 Å². The summed E-state index contributed by atoms with van der Waals surface area (Å²) in [5.74, 6) is -0.433. The smallest absolute Gasteiger partial charge is 0.336 e. The van der Waals surface area contributed by atoms with Crippen LogP contribution < -0.4 is 0 Å². The van der Waals surface area contributed by atoms with E-state index in [1.807, 2.05) is 0 Å². The minimum absolute atomic E-state index is 0.349. The normalized spacial score (nSPS) is 20.5. The van der Waals surface area contributed by atoms with Crippen LogP contribution in [0.3, 0.4) is 0 Å². The summed E-state index contributed by atoms with van der Waals surface area (Å²) in [4.78, 5) is 10.8. The van der Waals surface area contributed by atoms with E-state index in [0.717, 1.165) is 6.42 Å². The van der Waals surface area contributed by atoms with Gasteiger partial charge in [-0.15, -0.1) is 0 Å². The lowest BCUT2D eigenvalue weighted by Crippen LogP contribution is -2.48. The fourth-order valence-corrected chi connectivity index (χ4v) is 1.01. The molecule has 1 aliphatic heterocycles. The molecule has 0 aromatic carbocycles. The molecule has 0 aromatic rings. The van der Waals surface area contributed by atoms with Crippen LogP contribution in [0.5, 0.6) is 0 Å². The Morgan fingerprint density at radius 3 is 2.75 bits per heavy atom. The molecule has 0 atom stereocenters. The predicted molar refractivity (Wildman–Crippen MR) is 43.8 cm³/mol. The molecule has 1 rings (SSSR count). The Morgan fingerprint density at radius 2 is 2.33 bits per heavy atom. The topological polar surface area (TPSA) is 49.4 Å². The van der Waals surface area contributed by atoms with Gasteiger partial charge in [0.05, 0.1) is 25.8 Å². The van der Waals surface area contributed by atoms with Crippen molar-refractivity contribution in [2.75, 3.05) is 19.7 Å². The monoisotopic (exact) mass is 171 g/mol. The summed E-state index contributed by atoms with van der Waals surface area (Å²) in [6.45, 7) is 3.24. The zero-order valence-electron chi connectivity index (χ0n) is 7.16. The van der Waals surface area contributed by atoms with Crippen molar-refractivity contribution in [3.63, 3.8) is 0 Å². The number of carbonyl (C=O) groups is 1. The molecule has 0 N–H and O–H groups in total. The fourth-order valence-electron chi connectivity index (χ4n) is 1.01. The largest absolute Gasteiger partial charge is 0.628 e. The highest BCUT2D eigenvalue weighted by molar-refractivity contribution is 5.81. The summed E-state index contributed by atoms with van der Waals surface area (Å²) in [6.07, 6.45) is 3.52. The van der Waals surface area contributed by atoms with Gasteiger partial charge < -0.3 is 14.6 Å². The molecular weight excluding hydrogens is 158 g/mol. The number of nitrogens with zero attached hydrogens (tertiary/aromatic N) is 1. The van der Waals surface area contributed by atoms with Crippen molar-refractivity contribution in [1.82, 2.24) is 0 Å². The fraction of sp³-hybridized carbons (Fsp3) is 0.625. The van der Waals surface area contributed by atoms with Crippen LogP contribution in [0.25, 0.3) is 0 Å². The van der Waals surface area contributed by atoms with E-state index in [4.69, 9.17) is 0 Å². The first-order chi connectivity index (χ1) is 5.66. The number of carbonyl (C=O) groups excluding carboxylic acids is 1. The van der Waals surface area contributed by atoms with Crippen molar-refractivity contribution >= 4 is 5.97 Å². The molecule has 0 saturated carbocycles. The Morgan fingerprint density at radius 1 is 1.67 bits per heavy atom. The van der Waals surface area contributed by atoms with Gasteiger partial charge >= 0.3 is 5.97 Å². The van der Waals surface area contributed by atoms with Crippen LogP contribution in [0.1, 0.15) is 13.3 Å². The number of esters is 1. The first kappa shape index (κ1) is 9.22. The number of hydroxylamine groups is 3. The molecule has 4 nitrogen and oxygen atoms in total. The van der Waals surface area contributed by atoms with Gasteiger partial charge in [-0.3, -0.25) is 0 Å². The van der Waals surface area contributed by atoms with E-state index >= 15 is 0 Å². The molecule has 68 valence electrons. The van der Waals surface area contributed by atoms with Crippen LogP contribution in [0, 0.1) is 5.21 Å². The Balaban J connectivity index is 2.33. The van der Waals surface area contributed by atoms with Crippen molar-refractivity contribution < 1.29 is 14.2 Å². The van der Waals surface area contributed by atoms with Crippen molar-refractivity contribution in [2.24, 2.45) is 0 Å². The third kappa shape index (κ3) is 2.32.